The standard InChI is InChI=1S/C20H27N5O2S/c1-13(28-19-22-23-24-25(19)16-7-5-6-8-16)17(26)14-9-11-15(12-10-14)21-18(27)20(2,3)4/h9-13,16H,5-8H2,1-4H3,(H,21,27). The predicted octanol–water partition coefficient (Wildman–Crippen LogP) is 4.14. The van der Waals surface area contributed by atoms with Gasteiger partial charge in [0.25, 0.3) is 0 Å². The molecule has 150 valence electrons. The van der Waals surface area contributed by atoms with E-state index >= 15 is 0 Å². The number of amides is 1. The van der Waals surface area contributed by atoms with Crippen LogP contribution < -0.4 is 5.32 Å². The van der Waals surface area contributed by atoms with Crippen molar-refractivity contribution in [3.63, 3.8) is 0 Å². The van der Waals surface area contributed by atoms with Gasteiger partial charge in [-0.15, -0.1) is 5.10 Å². The molecule has 1 aliphatic carbocycles. The first-order valence-corrected chi connectivity index (χ1v) is 10.5. The number of Topliss-reactive ketones (excluding diaryl/α,β-unsaturated/α-hetero) is 1. The third-order valence-corrected chi connectivity index (χ3v) is 5.94. The maximum atomic E-state index is 12.8. The Bertz CT molecular complexity index is 835. The largest absolute Gasteiger partial charge is 0.326 e. The number of rotatable bonds is 6. The minimum atomic E-state index is -0.469. The van der Waals surface area contributed by atoms with E-state index < -0.39 is 5.41 Å². The molecule has 2 aromatic rings. The van der Waals surface area contributed by atoms with Gasteiger partial charge in [-0.05, 0) is 54.5 Å². The quantitative estimate of drug-likeness (QED) is 0.578. The van der Waals surface area contributed by atoms with Crippen molar-refractivity contribution in [2.24, 2.45) is 5.41 Å². The van der Waals surface area contributed by atoms with Gasteiger partial charge in [-0.1, -0.05) is 45.4 Å². The van der Waals surface area contributed by atoms with Crippen LogP contribution in [0, 0.1) is 5.41 Å². The molecule has 7 nitrogen and oxygen atoms in total. The minimum absolute atomic E-state index is 0.0136. The molecule has 1 heterocycles. The van der Waals surface area contributed by atoms with Crippen molar-refractivity contribution < 1.29 is 9.59 Å². The number of hydrogen-bond acceptors (Lipinski definition) is 6. The first kappa shape index (κ1) is 20.5. The molecule has 3 rings (SSSR count). The SMILES string of the molecule is CC(Sc1nnnn1C1CCCC1)C(=O)c1ccc(NC(=O)C(C)(C)C)cc1. The zero-order chi connectivity index (χ0) is 20.3. The van der Waals surface area contributed by atoms with Crippen LogP contribution in [0.1, 0.15) is 69.8 Å². The van der Waals surface area contributed by atoms with Gasteiger partial charge in [-0.3, -0.25) is 9.59 Å². The summed E-state index contributed by atoms with van der Waals surface area (Å²) in [5, 5.41) is 15.3. The average molecular weight is 402 g/mol. The number of nitrogens with one attached hydrogen (secondary N) is 1. The molecule has 1 unspecified atom stereocenters. The number of tetrazole rings is 1. The first-order chi connectivity index (χ1) is 13.3. The second kappa shape index (κ2) is 8.43. The van der Waals surface area contributed by atoms with E-state index in [4.69, 9.17) is 0 Å². The van der Waals surface area contributed by atoms with Crippen molar-refractivity contribution in [1.82, 2.24) is 20.2 Å². The van der Waals surface area contributed by atoms with E-state index in [1.165, 1.54) is 24.6 Å². The Morgan fingerprint density at radius 2 is 1.82 bits per heavy atom. The number of carbonyl (C=O) groups is 2. The van der Waals surface area contributed by atoms with Crippen molar-refractivity contribution in [3.8, 4) is 0 Å². The fourth-order valence-corrected chi connectivity index (χ4v) is 4.06. The Balaban J connectivity index is 1.64. The lowest BCUT2D eigenvalue weighted by molar-refractivity contribution is -0.123. The van der Waals surface area contributed by atoms with Crippen LogP contribution in [0.4, 0.5) is 5.69 Å². The van der Waals surface area contributed by atoms with Crippen molar-refractivity contribution in [1.29, 1.82) is 0 Å². The molecule has 1 amide bonds. The monoisotopic (exact) mass is 401 g/mol. The van der Waals surface area contributed by atoms with Gasteiger partial charge in [0.15, 0.2) is 5.78 Å². The van der Waals surface area contributed by atoms with Gasteiger partial charge >= 0.3 is 0 Å². The van der Waals surface area contributed by atoms with Crippen molar-refractivity contribution in [2.45, 2.75) is 69.8 Å². The average Bonchev–Trinajstić information content (AvgIpc) is 3.32. The van der Waals surface area contributed by atoms with E-state index in [-0.39, 0.29) is 16.9 Å². The van der Waals surface area contributed by atoms with E-state index in [1.807, 2.05) is 32.4 Å². The number of aromatic nitrogens is 4. The normalized spacial score (nSPS) is 16.1. The third kappa shape index (κ3) is 4.79. The maximum absolute atomic E-state index is 12.8. The first-order valence-electron chi connectivity index (χ1n) is 9.66. The highest BCUT2D eigenvalue weighted by atomic mass is 32.2. The highest BCUT2D eigenvalue weighted by molar-refractivity contribution is 8.00. The molecule has 28 heavy (non-hydrogen) atoms. The number of ketones is 1. The minimum Gasteiger partial charge on any atom is -0.326 e. The summed E-state index contributed by atoms with van der Waals surface area (Å²) in [5.41, 5.74) is 0.818. The molecule has 0 aliphatic heterocycles. The van der Waals surface area contributed by atoms with Crippen LogP contribution in [-0.2, 0) is 4.79 Å². The third-order valence-electron chi connectivity index (χ3n) is 4.89. The van der Waals surface area contributed by atoms with Crippen molar-refractivity contribution in [3.05, 3.63) is 29.8 Å². The molecule has 1 aliphatic rings. The smallest absolute Gasteiger partial charge is 0.229 e. The number of hydrogen-bond donors (Lipinski definition) is 1. The fourth-order valence-electron chi connectivity index (χ4n) is 3.12. The van der Waals surface area contributed by atoms with Crippen molar-refractivity contribution in [2.75, 3.05) is 5.32 Å². The van der Waals surface area contributed by atoms with Crippen LogP contribution in [0.3, 0.4) is 0 Å². The molecule has 1 fully saturated rings. The number of thioether (sulfide) groups is 1. The lowest BCUT2D eigenvalue weighted by Gasteiger charge is -2.18. The maximum Gasteiger partial charge on any atom is 0.229 e. The summed E-state index contributed by atoms with van der Waals surface area (Å²) in [7, 11) is 0. The van der Waals surface area contributed by atoms with Gasteiger partial charge in [0.05, 0.1) is 11.3 Å². The molecule has 0 bridgehead atoms. The van der Waals surface area contributed by atoms with E-state index in [9.17, 15) is 9.59 Å². The second-order valence-corrected chi connectivity index (χ2v) is 9.56. The molecule has 8 heteroatoms. The Morgan fingerprint density at radius 1 is 1.18 bits per heavy atom. The summed E-state index contributed by atoms with van der Waals surface area (Å²) < 4.78 is 1.87. The fraction of sp³-hybridized carbons (Fsp3) is 0.550. The number of benzene rings is 1. The summed E-state index contributed by atoms with van der Waals surface area (Å²) in [6, 6.07) is 7.36. The molecule has 1 saturated carbocycles. The summed E-state index contributed by atoms with van der Waals surface area (Å²) in [6.45, 7) is 7.45. The van der Waals surface area contributed by atoms with Gasteiger partial charge < -0.3 is 5.32 Å². The van der Waals surface area contributed by atoms with Crippen LogP contribution in [0.15, 0.2) is 29.4 Å². The highest BCUT2D eigenvalue weighted by Crippen LogP contribution is 2.33. The Morgan fingerprint density at radius 3 is 2.43 bits per heavy atom. The molecule has 1 atom stereocenters. The van der Waals surface area contributed by atoms with Crippen LogP contribution in [0.25, 0.3) is 0 Å². The summed E-state index contributed by atoms with van der Waals surface area (Å²) in [5.74, 6) is -0.0473. The molecule has 1 N–H and O–H groups in total. The lowest BCUT2D eigenvalue weighted by Crippen LogP contribution is -2.27. The number of carbonyl (C=O) groups excluding carboxylic acids is 2. The molecule has 0 radical (unpaired) electrons. The summed E-state index contributed by atoms with van der Waals surface area (Å²) in [6.07, 6.45) is 4.56. The van der Waals surface area contributed by atoms with Gasteiger partial charge in [0.1, 0.15) is 0 Å². The van der Waals surface area contributed by atoms with Gasteiger partial charge in [-0.2, -0.15) is 0 Å². The lowest BCUT2D eigenvalue weighted by atomic mass is 9.95. The zero-order valence-corrected chi connectivity index (χ0v) is 17.6. The molecule has 1 aromatic carbocycles. The Kier molecular flexibility index (Phi) is 6.17. The van der Waals surface area contributed by atoms with Crippen molar-refractivity contribution >= 4 is 29.1 Å². The second-order valence-electron chi connectivity index (χ2n) is 8.25. The van der Waals surface area contributed by atoms with Crippen LogP contribution in [-0.4, -0.2) is 37.1 Å². The molecular formula is C20H27N5O2S. The zero-order valence-electron chi connectivity index (χ0n) is 16.8. The summed E-state index contributed by atoms with van der Waals surface area (Å²) >= 11 is 1.39. The van der Waals surface area contributed by atoms with Crippen LogP contribution >= 0.6 is 11.8 Å². The van der Waals surface area contributed by atoms with Gasteiger partial charge in [0.2, 0.25) is 11.1 Å². The number of anilines is 1. The van der Waals surface area contributed by atoms with E-state index in [1.54, 1.807) is 24.3 Å². The van der Waals surface area contributed by atoms with E-state index in [2.05, 4.69) is 20.8 Å². The predicted molar refractivity (Wildman–Crippen MR) is 109 cm³/mol. The summed E-state index contributed by atoms with van der Waals surface area (Å²) in [4.78, 5) is 24.9. The van der Waals surface area contributed by atoms with Gasteiger partial charge in [0, 0.05) is 16.7 Å². The van der Waals surface area contributed by atoms with Crippen LogP contribution in [0.5, 0.6) is 0 Å². The highest BCUT2D eigenvalue weighted by Gasteiger charge is 2.25. The number of nitrogens with zero attached hydrogens (tertiary/aromatic N) is 4. The molecule has 0 saturated heterocycles. The van der Waals surface area contributed by atoms with E-state index in [0.29, 0.717) is 22.4 Å². The Hall–Kier alpha value is -2.22. The molecule has 0 spiro atoms. The van der Waals surface area contributed by atoms with Crippen LogP contribution in [0.2, 0.25) is 0 Å². The molecular weight excluding hydrogens is 374 g/mol. The Labute approximate surface area is 169 Å². The molecule has 1 aromatic heterocycles. The van der Waals surface area contributed by atoms with E-state index in [0.717, 1.165) is 12.8 Å². The topological polar surface area (TPSA) is 89.8 Å². The van der Waals surface area contributed by atoms with Gasteiger partial charge in [-0.25, -0.2) is 4.68 Å².